The summed E-state index contributed by atoms with van der Waals surface area (Å²) >= 11 is 11.5. The number of carbonyl (C=O) groups is 2. The molecule has 0 saturated carbocycles. The lowest BCUT2D eigenvalue weighted by Gasteiger charge is -2.31. The van der Waals surface area contributed by atoms with Crippen molar-refractivity contribution < 1.29 is 18.7 Å². The number of rotatable bonds is 6. The van der Waals surface area contributed by atoms with Gasteiger partial charge >= 0.3 is 5.97 Å². The molecular formula is C18H23Cl2FN2O3. The molecule has 1 atom stereocenters. The van der Waals surface area contributed by atoms with E-state index in [-0.39, 0.29) is 39.6 Å². The van der Waals surface area contributed by atoms with E-state index in [4.69, 9.17) is 27.9 Å². The summed E-state index contributed by atoms with van der Waals surface area (Å²) in [5, 5.41) is 2.46. The van der Waals surface area contributed by atoms with Crippen molar-refractivity contribution in [1.29, 1.82) is 0 Å². The maximum Gasteiger partial charge on any atom is 0.302 e. The van der Waals surface area contributed by atoms with Gasteiger partial charge in [0.15, 0.2) is 5.82 Å². The molecule has 1 heterocycles. The van der Waals surface area contributed by atoms with Gasteiger partial charge in [0.2, 0.25) is 5.91 Å². The van der Waals surface area contributed by atoms with Crippen LogP contribution in [0.15, 0.2) is 12.1 Å². The smallest absolute Gasteiger partial charge is 0.302 e. The number of nitrogens with one attached hydrogen (secondary N) is 1. The average Bonchev–Trinajstić information content (AvgIpc) is 2.60. The van der Waals surface area contributed by atoms with Crippen molar-refractivity contribution in [1.82, 2.24) is 4.90 Å². The van der Waals surface area contributed by atoms with Gasteiger partial charge in [0.25, 0.3) is 0 Å². The summed E-state index contributed by atoms with van der Waals surface area (Å²) in [4.78, 5) is 25.5. The number of piperidine rings is 1. The lowest BCUT2D eigenvalue weighted by Crippen LogP contribution is -2.39. The lowest BCUT2D eigenvalue weighted by molar-refractivity contribution is -0.148. The number of halogens is 3. The Balaban J connectivity index is 1.78. The number of ether oxygens (including phenoxy) is 1. The Labute approximate surface area is 162 Å². The largest absolute Gasteiger partial charge is 0.462 e. The Morgan fingerprint density at radius 3 is 2.62 bits per heavy atom. The summed E-state index contributed by atoms with van der Waals surface area (Å²) in [7, 11) is 0. The second-order valence-electron chi connectivity index (χ2n) is 6.55. The third-order valence-corrected chi connectivity index (χ3v) is 5.27. The van der Waals surface area contributed by atoms with Gasteiger partial charge in [-0.3, -0.25) is 9.59 Å². The first kappa shape index (κ1) is 20.9. The summed E-state index contributed by atoms with van der Waals surface area (Å²) < 4.78 is 19.2. The van der Waals surface area contributed by atoms with Gasteiger partial charge in [-0.25, -0.2) is 4.39 Å². The number of anilines is 1. The van der Waals surface area contributed by atoms with Crippen LogP contribution in [0.5, 0.6) is 0 Å². The van der Waals surface area contributed by atoms with Crippen LogP contribution in [0.4, 0.5) is 10.1 Å². The van der Waals surface area contributed by atoms with Crippen LogP contribution in [0.25, 0.3) is 0 Å². The quantitative estimate of drug-likeness (QED) is 0.571. The molecule has 8 heteroatoms. The molecule has 144 valence electrons. The van der Waals surface area contributed by atoms with E-state index in [1.807, 2.05) is 0 Å². The molecule has 1 amide bonds. The highest BCUT2D eigenvalue weighted by Crippen LogP contribution is 2.30. The molecule has 0 unspecified atom stereocenters. The number of esters is 1. The minimum atomic E-state index is -0.729. The van der Waals surface area contributed by atoms with E-state index in [2.05, 4.69) is 10.2 Å². The Morgan fingerprint density at radius 2 is 2.00 bits per heavy atom. The molecule has 0 radical (unpaired) electrons. The third-order valence-electron chi connectivity index (χ3n) is 4.49. The van der Waals surface area contributed by atoms with Gasteiger partial charge in [-0.05, 0) is 37.9 Å². The van der Waals surface area contributed by atoms with Gasteiger partial charge in [0, 0.05) is 25.9 Å². The second-order valence-corrected chi connectivity index (χ2v) is 7.34. The highest BCUT2D eigenvalue weighted by molar-refractivity contribution is 6.42. The molecule has 2 rings (SSSR count). The maximum absolute atomic E-state index is 14.0. The van der Waals surface area contributed by atoms with E-state index < -0.39 is 5.82 Å². The molecule has 0 aliphatic carbocycles. The Morgan fingerprint density at radius 1 is 1.35 bits per heavy atom. The molecule has 5 nitrogen and oxygen atoms in total. The zero-order valence-electron chi connectivity index (χ0n) is 14.9. The van der Waals surface area contributed by atoms with Crippen molar-refractivity contribution in [2.24, 2.45) is 5.92 Å². The zero-order chi connectivity index (χ0) is 19.3. The summed E-state index contributed by atoms with van der Waals surface area (Å²) in [6.45, 7) is 5.63. The first-order chi connectivity index (χ1) is 12.3. The molecule has 0 aromatic heterocycles. The van der Waals surface area contributed by atoms with E-state index in [1.165, 1.54) is 19.1 Å². The SMILES string of the molecule is CC(=O)OC1CCN(CC[C@H](C)C(=O)Nc2ccc(Cl)c(Cl)c2F)CC1. The van der Waals surface area contributed by atoms with Gasteiger partial charge in [-0.1, -0.05) is 30.1 Å². The predicted octanol–water partition coefficient (Wildman–Crippen LogP) is 4.12. The molecule has 0 spiro atoms. The van der Waals surface area contributed by atoms with Gasteiger partial charge in [0.1, 0.15) is 6.10 Å². The van der Waals surface area contributed by atoms with Crippen LogP contribution in [-0.2, 0) is 14.3 Å². The van der Waals surface area contributed by atoms with Crippen molar-refractivity contribution in [3.05, 3.63) is 28.0 Å². The van der Waals surface area contributed by atoms with Crippen LogP contribution < -0.4 is 5.32 Å². The molecule has 1 aromatic carbocycles. The standard InChI is InChI=1S/C18H23Cl2FN2O3/c1-11(5-8-23-9-6-13(7-10-23)26-12(2)24)18(25)22-15-4-3-14(19)16(20)17(15)21/h3-4,11,13H,5-10H2,1-2H3,(H,22,25)/t11-/m0/s1. The van der Waals surface area contributed by atoms with E-state index in [1.54, 1.807) is 6.92 Å². The monoisotopic (exact) mass is 404 g/mol. The van der Waals surface area contributed by atoms with Gasteiger partial charge in [-0.15, -0.1) is 0 Å². The molecule has 1 N–H and O–H groups in total. The number of hydrogen-bond donors (Lipinski definition) is 1. The van der Waals surface area contributed by atoms with Crippen molar-refractivity contribution in [3.63, 3.8) is 0 Å². The maximum atomic E-state index is 14.0. The molecule has 1 aliphatic heterocycles. The normalized spacial score (nSPS) is 17.0. The fourth-order valence-corrected chi connectivity index (χ4v) is 3.18. The first-order valence-corrected chi connectivity index (χ1v) is 9.37. The van der Waals surface area contributed by atoms with Crippen LogP contribution in [0.1, 0.15) is 33.1 Å². The first-order valence-electron chi connectivity index (χ1n) is 8.62. The Bertz CT molecular complexity index is 664. The molecular weight excluding hydrogens is 382 g/mol. The molecule has 26 heavy (non-hydrogen) atoms. The average molecular weight is 405 g/mol. The predicted molar refractivity (Wildman–Crippen MR) is 100 cm³/mol. The van der Waals surface area contributed by atoms with Crippen molar-refractivity contribution >= 4 is 40.8 Å². The fraction of sp³-hybridized carbons (Fsp3) is 0.556. The van der Waals surface area contributed by atoms with E-state index in [9.17, 15) is 14.0 Å². The lowest BCUT2D eigenvalue weighted by atomic mass is 10.0. The fourth-order valence-electron chi connectivity index (χ4n) is 2.87. The second kappa shape index (κ2) is 9.53. The minimum Gasteiger partial charge on any atom is -0.462 e. The minimum absolute atomic E-state index is 0.0119. The molecule has 0 bridgehead atoms. The van der Waals surface area contributed by atoms with Crippen LogP contribution in [0.2, 0.25) is 10.0 Å². The number of nitrogens with zero attached hydrogens (tertiary/aromatic N) is 1. The highest BCUT2D eigenvalue weighted by Gasteiger charge is 2.23. The summed E-state index contributed by atoms with van der Waals surface area (Å²) in [6, 6.07) is 2.84. The Kier molecular flexibility index (Phi) is 7.68. The van der Waals surface area contributed by atoms with Crippen LogP contribution in [-0.4, -0.2) is 42.5 Å². The van der Waals surface area contributed by atoms with E-state index >= 15 is 0 Å². The number of benzene rings is 1. The summed E-state index contributed by atoms with van der Waals surface area (Å²) in [5.41, 5.74) is 0.0263. The number of amides is 1. The van der Waals surface area contributed by atoms with E-state index in [0.29, 0.717) is 6.42 Å². The van der Waals surface area contributed by atoms with Crippen molar-refractivity contribution in [2.75, 3.05) is 25.0 Å². The van der Waals surface area contributed by atoms with Gasteiger partial charge in [0.05, 0.1) is 15.7 Å². The van der Waals surface area contributed by atoms with E-state index in [0.717, 1.165) is 32.5 Å². The number of likely N-dealkylation sites (tertiary alicyclic amines) is 1. The number of hydrogen-bond acceptors (Lipinski definition) is 4. The van der Waals surface area contributed by atoms with Crippen molar-refractivity contribution in [2.45, 2.75) is 39.2 Å². The molecule has 1 saturated heterocycles. The van der Waals surface area contributed by atoms with Crippen LogP contribution >= 0.6 is 23.2 Å². The highest BCUT2D eigenvalue weighted by atomic mass is 35.5. The zero-order valence-corrected chi connectivity index (χ0v) is 16.4. The Hall–Kier alpha value is -1.37. The van der Waals surface area contributed by atoms with Gasteiger partial charge < -0.3 is 15.0 Å². The molecule has 1 fully saturated rings. The van der Waals surface area contributed by atoms with Gasteiger partial charge in [-0.2, -0.15) is 0 Å². The van der Waals surface area contributed by atoms with Crippen molar-refractivity contribution in [3.8, 4) is 0 Å². The summed E-state index contributed by atoms with van der Waals surface area (Å²) in [6.07, 6.45) is 2.23. The number of carbonyl (C=O) groups excluding carboxylic acids is 2. The van der Waals surface area contributed by atoms with Crippen LogP contribution in [0.3, 0.4) is 0 Å². The summed E-state index contributed by atoms with van der Waals surface area (Å²) in [5.74, 6) is -1.53. The third kappa shape index (κ3) is 5.83. The topological polar surface area (TPSA) is 58.6 Å². The molecule has 1 aromatic rings. The molecule has 1 aliphatic rings. The van der Waals surface area contributed by atoms with Crippen LogP contribution in [0, 0.1) is 11.7 Å².